The summed E-state index contributed by atoms with van der Waals surface area (Å²) in [5.41, 5.74) is 4.46. The van der Waals surface area contributed by atoms with Gasteiger partial charge in [0.15, 0.2) is 0 Å². The maximum absolute atomic E-state index is 12.2. The second-order valence-electron chi connectivity index (χ2n) is 6.75. The molecule has 1 heterocycles. The third-order valence-corrected chi connectivity index (χ3v) is 5.00. The Hall–Kier alpha value is -3.62. The molecule has 1 aromatic heterocycles. The van der Waals surface area contributed by atoms with Crippen molar-refractivity contribution in [3.63, 3.8) is 0 Å². The zero-order valence-electron chi connectivity index (χ0n) is 16.3. The van der Waals surface area contributed by atoms with Gasteiger partial charge >= 0.3 is 5.97 Å². The molecule has 0 saturated carbocycles. The second kappa shape index (κ2) is 8.40. The molecule has 0 N–H and O–H groups in total. The van der Waals surface area contributed by atoms with E-state index in [1.54, 1.807) is 31.2 Å². The molecule has 5 nitrogen and oxygen atoms in total. The number of rotatable bonds is 5. The molecule has 0 saturated heterocycles. The van der Waals surface area contributed by atoms with E-state index in [-0.39, 0.29) is 5.97 Å². The number of halogens is 1. The quantitative estimate of drug-likeness (QED) is 0.414. The lowest BCUT2D eigenvalue weighted by molar-refractivity contribution is 0.0526. The molecule has 0 aliphatic heterocycles. The Morgan fingerprint density at radius 2 is 1.93 bits per heavy atom. The van der Waals surface area contributed by atoms with Crippen molar-refractivity contribution in [2.45, 2.75) is 13.3 Å². The van der Waals surface area contributed by atoms with Crippen LogP contribution in [0.15, 0.2) is 66.7 Å². The first-order chi connectivity index (χ1) is 14.6. The van der Waals surface area contributed by atoms with E-state index in [2.05, 4.69) is 6.07 Å². The molecule has 4 rings (SSSR count). The van der Waals surface area contributed by atoms with Crippen LogP contribution >= 0.6 is 11.6 Å². The summed E-state index contributed by atoms with van der Waals surface area (Å²) in [6, 6.07) is 22.5. The average molecular weight is 416 g/mol. The summed E-state index contributed by atoms with van der Waals surface area (Å²) in [6.07, 6.45) is 0.567. The van der Waals surface area contributed by atoms with Crippen molar-refractivity contribution in [3.05, 3.63) is 94.3 Å². The fourth-order valence-electron chi connectivity index (χ4n) is 3.38. The van der Waals surface area contributed by atoms with Crippen LogP contribution in [0.25, 0.3) is 16.7 Å². The van der Waals surface area contributed by atoms with E-state index in [9.17, 15) is 10.1 Å². The van der Waals surface area contributed by atoms with Crippen molar-refractivity contribution in [3.8, 4) is 11.8 Å². The van der Waals surface area contributed by atoms with Gasteiger partial charge in [-0.15, -0.1) is 0 Å². The number of fused-ring (bicyclic) bond motifs is 1. The minimum absolute atomic E-state index is 0.315. The second-order valence-corrected chi connectivity index (χ2v) is 7.19. The molecule has 0 unspecified atom stereocenters. The van der Waals surface area contributed by atoms with E-state index in [4.69, 9.17) is 21.3 Å². The van der Waals surface area contributed by atoms with Crippen LogP contribution in [0.5, 0.6) is 0 Å². The van der Waals surface area contributed by atoms with Crippen LogP contribution in [0.2, 0.25) is 5.02 Å². The van der Waals surface area contributed by atoms with Gasteiger partial charge in [0.25, 0.3) is 0 Å². The maximum Gasteiger partial charge on any atom is 0.338 e. The van der Waals surface area contributed by atoms with Crippen molar-refractivity contribution in [2.24, 2.45) is 0 Å². The number of nitriles is 1. The van der Waals surface area contributed by atoms with E-state index in [0.717, 1.165) is 28.1 Å². The van der Waals surface area contributed by atoms with Crippen molar-refractivity contribution in [1.82, 2.24) is 9.55 Å². The first-order valence-corrected chi connectivity index (χ1v) is 9.90. The van der Waals surface area contributed by atoms with Crippen LogP contribution in [0, 0.1) is 11.3 Å². The lowest BCUT2D eigenvalue weighted by Crippen LogP contribution is -2.07. The Morgan fingerprint density at radius 3 is 2.67 bits per heavy atom. The summed E-state index contributed by atoms with van der Waals surface area (Å²) in [7, 11) is 0. The van der Waals surface area contributed by atoms with Crippen molar-refractivity contribution >= 4 is 28.6 Å². The van der Waals surface area contributed by atoms with E-state index in [1.807, 2.05) is 47.0 Å². The summed E-state index contributed by atoms with van der Waals surface area (Å²) in [5.74, 6) is 0.429. The molecular formula is C24H18ClN3O2. The topological polar surface area (TPSA) is 67.9 Å². The standard InChI is InChI=1S/C24H18ClN3O2/c1-2-30-24(29)18-4-3-5-20(14-18)28-22-11-8-17(15-26)12-21(22)27-23(28)13-16-6-9-19(25)10-7-16/h3-12,14H,2,13H2,1H3. The number of hydrogen-bond donors (Lipinski definition) is 0. The zero-order valence-corrected chi connectivity index (χ0v) is 17.1. The van der Waals surface area contributed by atoms with Gasteiger partial charge in [-0.1, -0.05) is 29.8 Å². The van der Waals surface area contributed by atoms with Gasteiger partial charge in [0, 0.05) is 17.1 Å². The van der Waals surface area contributed by atoms with Crippen molar-refractivity contribution < 1.29 is 9.53 Å². The molecule has 0 amide bonds. The van der Waals surface area contributed by atoms with E-state index >= 15 is 0 Å². The minimum Gasteiger partial charge on any atom is -0.462 e. The molecule has 4 aromatic rings. The Bertz CT molecular complexity index is 1270. The van der Waals surface area contributed by atoms with Gasteiger partial charge in [-0.2, -0.15) is 5.26 Å². The Balaban J connectivity index is 1.86. The number of ether oxygens (including phenoxy) is 1. The SMILES string of the molecule is CCOC(=O)c1cccc(-n2c(Cc3ccc(Cl)cc3)nc3cc(C#N)ccc32)c1. The molecule has 30 heavy (non-hydrogen) atoms. The number of carbonyl (C=O) groups excluding carboxylic acids is 1. The zero-order chi connectivity index (χ0) is 21.1. The summed E-state index contributed by atoms with van der Waals surface area (Å²) < 4.78 is 7.15. The summed E-state index contributed by atoms with van der Waals surface area (Å²) >= 11 is 6.02. The highest BCUT2D eigenvalue weighted by atomic mass is 35.5. The molecular weight excluding hydrogens is 398 g/mol. The largest absolute Gasteiger partial charge is 0.462 e. The predicted octanol–water partition coefficient (Wildman–Crippen LogP) is 5.32. The van der Waals surface area contributed by atoms with Crippen LogP contribution < -0.4 is 0 Å². The fourth-order valence-corrected chi connectivity index (χ4v) is 3.50. The van der Waals surface area contributed by atoms with E-state index < -0.39 is 0 Å². The molecule has 3 aromatic carbocycles. The molecule has 0 aliphatic rings. The molecule has 0 radical (unpaired) electrons. The molecule has 6 heteroatoms. The Kier molecular flexibility index (Phi) is 5.51. The molecule has 0 atom stereocenters. The monoisotopic (exact) mass is 415 g/mol. The minimum atomic E-state index is -0.366. The molecule has 0 fully saturated rings. The summed E-state index contributed by atoms with van der Waals surface area (Å²) in [5, 5.41) is 9.93. The van der Waals surface area contributed by atoms with E-state index in [1.165, 1.54) is 0 Å². The van der Waals surface area contributed by atoms with Crippen LogP contribution in [0.4, 0.5) is 0 Å². The van der Waals surface area contributed by atoms with Crippen LogP contribution in [0.3, 0.4) is 0 Å². The first-order valence-electron chi connectivity index (χ1n) is 9.52. The third-order valence-electron chi connectivity index (χ3n) is 4.74. The number of carbonyl (C=O) groups is 1. The predicted molar refractivity (Wildman–Crippen MR) is 116 cm³/mol. The third kappa shape index (κ3) is 3.91. The molecule has 0 bridgehead atoms. The van der Waals surface area contributed by atoms with Gasteiger partial charge < -0.3 is 4.74 Å². The van der Waals surface area contributed by atoms with Gasteiger partial charge in [-0.25, -0.2) is 9.78 Å². The summed E-state index contributed by atoms with van der Waals surface area (Å²) in [4.78, 5) is 17.0. The Labute approximate surface area is 179 Å². The van der Waals surface area contributed by atoms with Crippen LogP contribution in [-0.2, 0) is 11.2 Å². The average Bonchev–Trinajstić information content (AvgIpc) is 3.12. The first kappa shape index (κ1) is 19.7. The van der Waals surface area contributed by atoms with Crippen LogP contribution in [0.1, 0.15) is 34.2 Å². The van der Waals surface area contributed by atoms with Crippen LogP contribution in [-0.4, -0.2) is 22.1 Å². The number of esters is 1. The number of benzene rings is 3. The maximum atomic E-state index is 12.2. The van der Waals surface area contributed by atoms with Gasteiger partial charge in [0.2, 0.25) is 0 Å². The smallest absolute Gasteiger partial charge is 0.338 e. The van der Waals surface area contributed by atoms with Gasteiger partial charge in [0.1, 0.15) is 5.82 Å². The van der Waals surface area contributed by atoms with E-state index in [0.29, 0.717) is 29.2 Å². The highest BCUT2D eigenvalue weighted by Crippen LogP contribution is 2.25. The molecule has 0 spiro atoms. The summed E-state index contributed by atoms with van der Waals surface area (Å²) in [6.45, 7) is 2.10. The van der Waals surface area contributed by atoms with Crippen molar-refractivity contribution in [1.29, 1.82) is 5.26 Å². The highest BCUT2D eigenvalue weighted by Gasteiger charge is 2.16. The fraction of sp³-hybridized carbons (Fsp3) is 0.125. The van der Waals surface area contributed by atoms with Crippen molar-refractivity contribution in [2.75, 3.05) is 6.61 Å². The lowest BCUT2D eigenvalue weighted by atomic mass is 10.1. The normalized spacial score (nSPS) is 10.7. The number of nitrogens with zero attached hydrogens (tertiary/aromatic N) is 3. The number of aromatic nitrogens is 2. The Morgan fingerprint density at radius 1 is 1.13 bits per heavy atom. The molecule has 148 valence electrons. The number of imidazole rings is 1. The lowest BCUT2D eigenvalue weighted by Gasteiger charge is -2.11. The van der Waals surface area contributed by atoms with Gasteiger partial charge in [-0.05, 0) is 61.0 Å². The molecule has 0 aliphatic carbocycles. The van der Waals surface area contributed by atoms with Gasteiger partial charge in [0.05, 0.1) is 34.8 Å². The highest BCUT2D eigenvalue weighted by molar-refractivity contribution is 6.30. The number of hydrogen-bond acceptors (Lipinski definition) is 4. The van der Waals surface area contributed by atoms with Gasteiger partial charge in [-0.3, -0.25) is 4.57 Å².